The predicted molar refractivity (Wildman–Crippen MR) is 74.8 cm³/mol. The number of nitrogens with zero attached hydrogens (tertiary/aromatic N) is 1. The smallest absolute Gasteiger partial charge is 0.337 e. The number of anilines is 1. The number of carbonyl (C=O) groups is 2. The Morgan fingerprint density at radius 3 is 2.81 bits per heavy atom. The van der Waals surface area contributed by atoms with Crippen molar-refractivity contribution in [3.05, 3.63) is 17.7 Å². The second-order valence-electron chi connectivity index (χ2n) is 4.46. The Bertz CT molecular complexity index is 561. The Kier molecular flexibility index (Phi) is 4.36. The van der Waals surface area contributed by atoms with Crippen LogP contribution in [0.15, 0.2) is 12.1 Å². The number of rotatable bonds is 6. The fourth-order valence-electron chi connectivity index (χ4n) is 2.02. The van der Waals surface area contributed by atoms with Crippen LogP contribution in [-0.2, 0) is 0 Å². The number of urea groups is 1. The highest BCUT2D eigenvalue weighted by molar-refractivity contribution is 5.94. The van der Waals surface area contributed by atoms with Crippen LogP contribution >= 0.6 is 0 Å². The van der Waals surface area contributed by atoms with Crippen LogP contribution in [0, 0.1) is 0 Å². The molecule has 1 fully saturated rings. The number of ether oxygens (including phenoxy) is 2. The minimum atomic E-state index is -1.14. The van der Waals surface area contributed by atoms with Gasteiger partial charge in [-0.2, -0.15) is 0 Å². The summed E-state index contributed by atoms with van der Waals surface area (Å²) in [6, 6.07) is 2.59. The summed E-state index contributed by atoms with van der Waals surface area (Å²) in [6.45, 7) is 1.88. The highest BCUT2D eigenvalue weighted by atomic mass is 16.5. The van der Waals surface area contributed by atoms with Gasteiger partial charge in [0.15, 0.2) is 11.5 Å². The maximum absolute atomic E-state index is 11.4. The predicted octanol–water partition coefficient (Wildman–Crippen LogP) is 0.380. The van der Waals surface area contributed by atoms with E-state index in [4.69, 9.17) is 20.3 Å². The Hall–Kier alpha value is -2.64. The van der Waals surface area contributed by atoms with Gasteiger partial charge in [0, 0.05) is 25.2 Å². The SMILES string of the molecule is COc1cc(N)c(C(=O)O)cc1OCCN1CCNC1=O. The molecule has 1 aromatic rings. The third-order valence-corrected chi connectivity index (χ3v) is 3.13. The first-order valence-corrected chi connectivity index (χ1v) is 6.39. The first kappa shape index (κ1) is 14.8. The molecule has 4 N–H and O–H groups in total. The normalized spacial score (nSPS) is 14.0. The lowest BCUT2D eigenvalue weighted by Gasteiger charge is -2.16. The summed E-state index contributed by atoms with van der Waals surface area (Å²) < 4.78 is 10.6. The maximum Gasteiger partial charge on any atom is 0.337 e. The lowest BCUT2D eigenvalue weighted by atomic mass is 10.1. The van der Waals surface area contributed by atoms with Crippen LogP contribution in [0.4, 0.5) is 10.5 Å². The molecule has 8 heteroatoms. The van der Waals surface area contributed by atoms with Gasteiger partial charge in [-0.25, -0.2) is 9.59 Å². The first-order chi connectivity index (χ1) is 10.0. The monoisotopic (exact) mass is 295 g/mol. The van der Waals surface area contributed by atoms with Crippen LogP contribution in [0.5, 0.6) is 11.5 Å². The Balaban J connectivity index is 2.05. The molecule has 1 saturated heterocycles. The number of methoxy groups -OCH3 is 1. The fraction of sp³-hybridized carbons (Fsp3) is 0.385. The second kappa shape index (κ2) is 6.21. The Labute approximate surface area is 121 Å². The van der Waals surface area contributed by atoms with Gasteiger partial charge in [0.2, 0.25) is 0 Å². The Morgan fingerprint density at radius 1 is 1.48 bits per heavy atom. The number of nitrogen functional groups attached to an aromatic ring is 1. The first-order valence-electron chi connectivity index (χ1n) is 6.39. The van der Waals surface area contributed by atoms with Crippen molar-refractivity contribution in [1.29, 1.82) is 0 Å². The molecule has 0 atom stereocenters. The van der Waals surface area contributed by atoms with Gasteiger partial charge < -0.3 is 30.5 Å². The minimum absolute atomic E-state index is 0.0512. The molecule has 1 aromatic carbocycles. The van der Waals surface area contributed by atoms with E-state index in [9.17, 15) is 9.59 Å². The molecule has 0 radical (unpaired) electrons. The summed E-state index contributed by atoms with van der Waals surface area (Å²) in [4.78, 5) is 24.0. The van der Waals surface area contributed by atoms with Crippen molar-refractivity contribution in [2.24, 2.45) is 0 Å². The average molecular weight is 295 g/mol. The van der Waals surface area contributed by atoms with Crippen molar-refractivity contribution in [1.82, 2.24) is 10.2 Å². The van der Waals surface area contributed by atoms with Crippen molar-refractivity contribution in [2.45, 2.75) is 0 Å². The van der Waals surface area contributed by atoms with Gasteiger partial charge in [-0.1, -0.05) is 0 Å². The van der Waals surface area contributed by atoms with E-state index in [1.54, 1.807) is 4.90 Å². The maximum atomic E-state index is 11.4. The number of carboxylic acids is 1. The van der Waals surface area contributed by atoms with Crippen molar-refractivity contribution in [2.75, 3.05) is 39.1 Å². The molecule has 114 valence electrons. The molecule has 21 heavy (non-hydrogen) atoms. The minimum Gasteiger partial charge on any atom is -0.493 e. The van der Waals surface area contributed by atoms with E-state index in [-0.39, 0.29) is 29.6 Å². The molecule has 0 spiro atoms. The molecule has 1 aliphatic heterocycles. The number of hydrogen-bond acceptors (Lipinski definition) is 5. The number of carbonyl (C=O) groups excluding carboxylic acids is 1. The van der Waals surface area contributed by atoms with Gasteiger partial charge in [0.1, 0.15) is 6.61 Å². The third-order valence-electron chi connectivity index (χ3n) is 3.13. The van der Waals surface area contributed by atoms with Gasteiger partial charge in [-0.15, -0.1) is 0 Å². The van der Waals surface area contributed by atoms with Gasteiger partial charge in [-0.05, 0) is 0 Å². The fourth-order valence-corrected chi connectivity index (χ4v) is 2.02. The zero-order chi connectivity index (χ0) is 15.4. The van der Waals surface area contributed by atoms with E-state index < -0.39 is 5.97 Å². The molecule has 1 aliphatic rings. The zero-order valence-electron chi connectivity index (χ0n) is 11.6. The largest absolute Gasteiger partial charge is 0.493 e. The van der Waals surface area contributed by atoms with Crippen molar-refractivity contribution in [3.63, 3.8) is 0 Å². The third kappa shape index (κ3) is 3.28. The van der Waals surface area contributed by atoms with Crippen LogP contribution in [0.2, 0.25) is 0 Å². The molecule has 2 rings (SSSR count). The average Bonchev–Trinajstić information content (AvgIpc) is 2.85. The number of hydrogen-bond donors (Lipinski definition) is 3. The summed E-state index contributed by atoms with van der Waals surface area (Å²) in [5, 5.41) is 11.7. The Morgan fingerprint density at radius 2 is 2.24 bits per heavy atom. The topological polar surface area (TPSA) is 114 Å². The molecule has 0 bridgehead atoms. The second-order valence-corrected chi connectivity index (χ2v) is 4.46. The van der Waals surface area contributed by atoms with E-state index in [1.165, 1.54) is 19.2 Å². The van der Waals surface area contributed by atoms with Crippen molar-refractivity contribution < 1.29 is 24.2 Å². The number of aromatic carboxylic acids is 1. The van der Waals surface area contributed by atoms with Gasteiger partial charge in [0.05, 0.1) is 24.9 Å². The van der Waals surface area contributed by atoms with Crippen LogP contribution in [-0.4, -0.2) is 55.4 Å². The molecular formula is C13H17N3O5. The number of nitrogens with one attached hydrogen (secondary N) is 1. The molecule has 0 aromatic heterocycles. The van der Waals surface area contributed by atoms with E-state index in [2.05, 4.69) is 5.32 Å². The van der Waals surface area contributed by atoms with Gasteiger partial charge in [-0.3, -0.25) is 0 Å². The molecule has 1 heterocycles. The zero-order valence-corrected chi connectivity index (χ0v) is 11.6. The van der Waals surface area contributed by atoms with E-state index in [0.29, 0.717) is 25.4 Å². The quantitative estimate of drug-likeness (QED) is 0.654. The van der Waals surface area contributed by atoms with E-state index >= 15 is 0 Å². The van der Waals surface area contributed by atoms with Crippen LogP contribution < -0.4 is 20.5 Å². The highest BCUT2D eigenvalue weighted by Crippen LogP contribution is 2.32. The molecule has 0 aliphatic carbocycles. The number of benzene rings is 1. The van der Waals surface area contributed by atoms with Crippen molar-refractivity contribution in [3.8, 4) is 11.5 Å². The lowest BCUT2D eigenvalue weighted by molar-refractivity contribution is 0.0697. The molecule has 0 unspecified atom stereocenters. The summed E-state index contributed by atoms with van der Waals surface area (Å²) in [5.74, 6) is -0.508. The van der Waals surface area contributed by atoms with E-state index in [1.807, 2.05) is 0 Å². The van der Waals surface area contributed by atoms with Gasteiger partial charge in [0.25, 0.3) is 0 Å². The van der Waals surface area contributed by atoms with Crippen LogP contribution in [0.1, 0.15) is 10.4 Å². The van der Waals surface area contributed by atoms with Crippen LogP contribution in [0.3, 0.4) is 0 Å². The summed E-state index contributed by atoms with van der Waals surface area (Å²) in [7, 11) is 1.44. The summed E-state index contributed by atoms with van der Waals surface area (Å²) >= 11 is 0. The molecule has 8 nitrogen and oxygen atoms in total. The summed E-state index contributed by atoms with van der Waals surface area (Å²) in [5.41, 5.74) is 5.69. The molecule has 2 amide bonds. The highest BCUT2D eigenvalue weighted by Gasteiger charge is 2.19. The number of nitrogens with two attached hydrogens (primary N) is 1. The summed E-state index contributed by atoms with van der Waals surface area (Å²) in [6.07, 6.45) is 0. The molecule has 0 saturated carbocycles. The van der Waals surface area contributed by atoms with Crippen LogP contribution in [0.25, 0.3) is 0 Å². The molecular weight excluding hydrogens is 278 g/mol. The standard InChI is InChI=1S/C13H17N3O5/c1-20-10-7-9(14)8(12(17)18)6-11(10)21-5-4-16-3-2-15-13(16)19/h6-7H,2-5,14H2,1H3,(H,15,19)(H,17,18). The number of amides is 2. The van der Waals surface area contributed by atoms with E-state index in [0.717, 1.165) is 0 Å². The lowest BCUT2D eigenvalue weighted by Crippen LogP contribution is -2.31. The van der Waals surface area contributed by atoms with Crippen molar-refractivity contribution >= 4 is 17.7 Å². The van der Waals surface area contributed by atoms with Gasteiger partial charge >= 0.3 is 12.0 Å². The number of carboxylic acid groups (broad SMARTS) is 1.